The molecule has 0 saturated carbocycles. The van der Waals surface area contributed by atoms with Crippen LogP contribution in [-0.4, -0.2) is 34.6 Å². The number of nitrogens with two attached hydrogens (primary N) is 1. The normalized spacial score (nSPS) is 24.4. The molecule has 0 aliphatic carbocycles. The predicted octanol–water partition coefficient (Wildman–Crippen LogP) is 1.64. The van der Waals surface area contributed by atoms with Gasteiger partial charge >= 0.3 is 5.97 Å². The first-order chi connectivity index (χ1) is 8.40. The SMILES string of the molecule is Cc1ccc(CN2CCC(N)(C(=O)O)C2)cc1Cl. The molecule has 1 aromatic rings. The van der Waals surface area contributed by atoms with Crippen molar-refractivity contribution in [2.45, 2.75) is 25.4 Å². The molecule has 1 unspecified atom stereocenters. The lowest BCUT2D eigenvalue weighted by Gasteiger charge is -2.20. The molecule has 1 fully saturated rings. The molecular weight excluding hydrogens is 252 g/mol. The van der Waals surface area contributed by atoms with Gasteiger partial charge in [-0.1, -0.05) is 23.7 Å². The lowest BCUT2D eigenvalue weighted by Crippen LogP contribution is -2.50. The summed E-state index contributed by atoms with van der Waals surface area (Å²) in [5.41, 5.74) is 6.86. The van der Waals surface area contributed by atoms with Gasteiger partial charge in [0.15, 0.2) is 0 Å². The van der Waals surface area contributed by atoms with Crippen molar-refractivity contribution in [1.82, 2.24) is 4.90 Å². The Morgan fingerprint density at radius 1 is 1.61 bits per heavy atom. The van der Waals surface area contributed by atoms with E-state index < -0.39 is 11.5 Å². The number of aryl methyl sites for hydroxylation is 1. The second kappa shape index (κ2) is 4.88. The highest BCUT2D eigenvalue weighted by atomic mass is 35.5. The van der Waals surface area contributed by atoms with Gasteiger partial charge in [0.25, 0.3) is 0 Å². The molecule has 4 nitrogen and oxygen atoms in total. The molecule has 1 aliphatic heterocycles. The van der Waals surface area contributed by atoms with E-state index in [9.17, 15) is 4.79 Å². The van der Waals surface area contributed by atoms with Gasteiger partial charge in [-0.2, -0.15) is 0 Å². The minimum Gasteiger partial charge on any atom is -0.480 e. The van der Waals surface area contributed by atoms with E-state index in [1.54, 1.807) is 0 Å². The second-order valence-electron chi connectivity index (χ2n) is 5.01. The van der Waals surface area contributed by atoms with Crippen molar-refractivity contribution < 1.29 is 9.90 Å². The first-order valence-corrected chi connectivity index (χ1v) is 6.28. The first-order valence-electron chi connectivity index (χ1n) is 5.90. The molecule has 1 aliphatic rings. The van der Waals surface area contributed by atoms with Crippen LogP contribution >= 0.6 is 11.6 Å². The number of carbonyl (C=O) groups is 1. The van der Waals surface area contributed by atoms with Gasteiger partial charge in [0.05, 0.1) is 0 Å². The molecule has 1 heterocycles. The summed E-state index contributed by atoms with van der Waals surface area (Å²) in [4.78, 5) is 13.1. The zero-order valence-corrected chi connectivity index (χ0v) is 11.1. The van der Waals surface area contributed by atoms with Crippen molar-refractivity contribution in [3.63, 3.8) is 0 Å². The van der Waals surface area contributed by atoms with E-state index >= 15 is 0 Å². The van der Waals surface area contributed by atoms with Gasteiger partial charge in [0.1, 0.15) is 5.54 Å². The van der Waals surface area contributed by atoms with Gasteiger partial charge in [-0.15, -0.1) is 0 Å². The van der Waals surface area contributed by atoms with Crippen molar-refractivity contribution in [2.75, 3.05) is 13.1 Å². The molecule has 0 aromatic heterocycles. The number of aliphatic carboxylic acids is 1. The number of rotatable bonds is 3. The van der Waals surface area contributed by atoms with E-state index in [0.29, 0.717) is 26.1 Å². The van der Waals surface area contributed by atoms with Gasteiger partial charge in [-0.3, -0.25) is 9.69 Å². The highest BCUT2D eigenvalue weighted by Crippen LogP contribution is 2.23. The van der Waals surface area contributed by atoms with Crippen LogP contribution in [0.1, 0.15) is 17.5 Å². The van der Waals surface area contributed by atoms with E-state index in [-0.39, 0.29) is 0 Å². The molecule has 1 saturated heterocycles. The van der Waals surface area contributed by atoms with Crippen molar-refractivity contribution >= 4 is 17.6 Å². The second-order valence-corrected chi connectivity index (χ2v) is 5.41. The number of hydrogen-bond acceptors (Lipinski definition) is 3. The monoisotopic (exact) mass is 268 g/mol. The fraction of sp³-hybridized carbons (Fsp3) is 0.462. The Bertz CT molecular complexity index is 478. The van der Waals surface area contributed by atoms with E-state index in [2.05, 4.69) is 4.90 Å². The maximum absolute atomic E-state index is 11.0. The van der Waals surface area contributed by atoms with Gasteiger partial charge in [0.2, 0.25) is 0 Å². The summed E-state index contributed by atoms with van der Waals surface area (Å²) in [5, 5.41) is 9.80. The lowest BCUT2D eigenvalue weighted by molar-refractivity contribution is -0.142. The van der Waals surface area contributed by atoms with Crippen LogP contribution in [0.3, 0.4) is 0 Å². The third kappa shape index (κ3) is 2.66. The standard InChI is InChI=1S/C13H17ClN2O2/c1-9-2-3-10(6-11(9)14)7-16-5-4-13(15,8-16)12(17)18/h2-3,6H,4-5,7-8,15H2,1H3,(H,17,18). The lowest BCUT2D eigenvalue weighted by atomic mass is 10.0. The number of carboxylic acid groups (broad SMARTS) is 1. The first kappa shape index (κ1) is 13.3. The van der Waals surface area contributed by atoms with Crippen molar-refractivity contribution in [3.05, 3.63) is 34.3 Å². The average molecular weight is 269 g/mol. The Hall–Kier alpha value is -1.10. The Labute approximate surface area is 111 Å². The molecule has 1 aromatic carbocycles. The number of carboxylic acids is 1. The molecule has 18 heavy (non-hydrogen) atoms. The Balaban J connectivity index is 2.03. The minimum atomic E-state index is -1.10. The van der Waals surface area contributed by atoms with E-state index in [4.69, 9.17) is 22.4 Å². The number of likely N-dealkylation sites (tertiary alicyclic amines) is 1. The highest BCUT2D eigenvalue weighted by molar-refractivity contribution is 6.31. The van der Waals surface area contributed by atoms with Crippen LogP contribution in [0.25, 0.3) is 0 Å². The van der Waals surface area contributed by atoms with Crippen molar-refractivity contribution in [1.29, 1.82) is 0 Å². The van der Waals surface area contributed by atoms with Crippen LogP contribution in [-0.2, 0) is 11.3 Å². The molecule has 5 heteroatoms. The molecule has 2 rings (SSSR count). The topological polar surface area (TPSA) is 66.6 Å². The quantitative estimate of drug-likeness (QED) is 0.875. The highest BCUT2D eigenvalue weighted by Gasteiger charge is 2.40. The summed E-state index contributed by atoms with van der Waals surface area (Å²) in [6.07, 6.45) is 0.488. The van der Waals surface area contributed by atoms with Gasteiger partial charge in [0, 0.05) is 24.7 Å². The zero-order valence-electron chi connectivity index (χ0n) is 10.3. The molecule has 0 bridgehead atoms. The third-order valence-corrected chi connectivity index (χ3v) is 3.86. The summed E-state index contributed by atoms with van der Waals surface area (Å²) in [7, 11) is 0. The largest absolute Gasteiger partial charge is 0.480 e. The number of hydrogen-bond donors (Lipinski definition) is 2. The van der Waals surface area contributed by atoms with Crippen LogP contribution in [0, 0.1) is 6.92 Å². The van der Waals surface area contributed by atoms with Crippen LogP contribution in [0.15, 0.2) is 18.2 Å². The zero-order chi connectivity index (χ0) is 13.3. The van der Waals surface area contributed by atoms with Crippen LogP contribution in [0.2, 0.25) is 5.02 Å². The summed E-state index contributed by atoms with van der Waals surface area (Å²) < 4.78 is 0. The van der Waals surface area contributed by atoms with Crippen molar-refractivity contribution in [2.24, 2.45) is 5.73 Å². The summed E-state index contributed by atoms with van der Waals surface area (Å²) in [5.74, 6) is -0.924. The Kier molecular flexibility index (Phi) is 3.61. The summed E-state index contributed by atoms with van der Waals surface area (Å²) in [6.45, 7) is 3.73. The molecule has 3 N–H and O–H groups in total. The number of halogens is 1. The predicted molar refractivity (Wildman–Crippen MR) is 70.6 cm³/mol. The summed E-state index contributed by atoms with van der Waals surface area (Å²) in [6, 6.07) is 5.91. The molecule has 98 valence electrons. The van der Waals surface area contributed by atoms with Gasteiger partial charge < -0.3 is 10.8 Å². The maximum atomic E-state index is 11.0. The molecule has 0 radical (unpaired) electrons. The average Bonchev–Trinajstić information content (AvgIpc) is 2.67. The minimum absolute atomic E-state index is 0.383. The summed E-state index contributed by atoms with van der Waals surface area (Å²) >= 11 is 6.07. The fourth-order valence-corrected chi connectivity index (χ4v) is 2.42. The smallest absolute Gasteiger partial charge is 0.325 e. The number of nitrogens with zero attached hydrogens (tertiary/aromatic N) is 1. The molecular formula is C13H17ClN2O2. The Morgan fingerprint density at radius 3 is 2.89 bits per heavy atom. The van der Waals surface area contributed by atoms with Gasteiger partial charge in [-0.05, 0) is 30.5 Å². The molecule has 0 amide bonds. The fourth-order valence-electron chi connectivity index (χ4n) is 2.22. The third-order valence-electron chi connectivity index (χ3n) is 3.45. The molecule has 1 atom stereocenters. The Morgan fingerprint density at radius 2 is 2.33 bits per heavy atom. The van der Waals surface area contributed by atoms with Crippen molar-refractivity contribution in [3.8, 4) is 0 Å². The van der Waals surface area contributed by atoms with E-state index in [1.165, 1.54) is 0 Å². The van der Waals surface area contributed by atoms with Gasteiger partial charge in [-0.25, -0.2) is 0 Å². The van der Waals surface area contributed by atoms with Crippen LogP contribution < -0.4 is 5.73 Å². The van der Waals surface area contributed by atoms with E-state index in [0.717, 1.165) is 16.1 Å². The van der Waals surface area contributed by atoms with E-state index in [1.807, 2.05) is 25.1 Å². The number of benzene rings is 1. The molecule has 0 spiro atoms. The van der Waals surface area contributed by atoms with Crippen LogP contribution in [0.5, 0.6) is 0 Å². The van der Waals surface area contributed by atoms with Crippen LogP contribution in [0.4, 0.5) is 0 Å². The maximum Gasteiger partial charge on any atom is 0.325 e.